The van der Waals surface area contributed by atoms with Gasteiger partial charge in [-0.05, 0) is 53.3 Å². The number of alkyl carbamates (subject to hydrolysis) is 2. The van der Waals surface area contributed by atoms with Gasteiger partial charge in [0.2, 0.25) is 11.8 Å². The molecule has 4 heterocycles. The highest BCUT2D eigenvalue weighted by molar-refractivity contribution is 6.78. The Morgan fingerprint density at radius 3 is 1.63 bits per heavy atom. The van der Waals surface area contributed by atoms with Crippen LogP contribution in [0.2, 0.25) is 19.1 Å². The van der Waals surface area contributed by atoms with E-state index < -0.39 is 44.6 Å². The van der Waals surface area contributed by atoms with Crippen molar-refractivity contribution in [2.24, 2.45) is 11.8 Å². The highest BCUT2D eigenvalue weighted by Crippen LogP contribution is 2.38. The van der Waals surface area contributed by atoms with E-state index in [9.17, 15) is 23.6 Å². The topological polar surface area (TPSA) is 175 Å². The molecule has 2 saturated heterocycles. The average Bonchev–Trinajstić information content (AvgIpc) is 4.03. The SMILES string of the molecule is COC(=O)N[C@H](C(=O)N1C[C@H](F)C[C@H]1c1ncc(-c2ccc(C#Cc3ccc(-c4cnc([C@@H]5C[Si](C)(C)CN5C(=O)[C@@H](NC(=O)OC)C(C)C)[nH]4)cc3)cc2)[nH]1)C(C)C. The van der Waals surface area contributed by atoms with Crippen LogP contribution in [0, 0.1) is 23.7 Å². The maximum atomic E-state index is 14.7. The molecule has 312 valence electrons. The molecule has 14 nitrogen and oxygen atoms in total. The molecule has 2 aromatic carbocycles. The van der Waals surface area contributed by atoms with Crippen molar-refractivity contribution in [2.75, 3.05) is 26.9 Å². The van der Waals surface area contributed by atoms with Crippen LogP contribution in [-0.2, 0) is 19.1 Å². The molecule has 0 bridgehead atoms. The summed E-state index contributed by atoms with van der Waals surface area (Å²) < 4.78 is 24.2. The lowest BCUT2D eigenvalue weighted by Crippen LogP contribution is -2.52. The molecule has 59 heavy (non-hydrogen) atoms. The largest absolute Gasteiger partial charge is 0.453 e. The first-order valence-electron chi connectivity index (χ1n) is 19.8. The van der Waals surface area contributed by atoms with Crippen LogP contribution in [0.25, 0.3) is 22.5 Å². The number of imidazole rings is 2. The number of likely N-dealkylation sites (tertiary alicyclic amines) is 1. The van der Waals surface area contributed by atoms with Crippen LogP contribution >= 0.6 is 0 Å². The van der Waals surface area contributed by atoms with Gasteiger partial charge >= 0.3 is 12.2 Å². The van der Waals surface area contributed by atoms with E-state index in [-0.39, 0.29) is 42.7 Å². The molecule has 2 aromatic heterocycles. The van der Waals surface area contributed by atoms with Gasteiger partial charge in [-0.3, -0.25) is 9.59 Å². The summed E-state index contributed by atoms with van der Waals surface area (Å²) in [6.45, 7) is 11.8. The number of methoxy groups -OCH3 is 2. The second-order valence-corrected chi connectivity index (χ2v) is 21.7. The van der Waals surface area contributed by atoms with Crippen LogP contribution in [0.1, 0.15) is 69.0 Å². The van der Waals surface area contributed by atoms with Crippen LogP contribution in [0.4, 0.5) is 14.0 Å². The number of carbonyl (C=O) groups is 4. The number of benzene rings is 2. The first-order valence-corrected chi connectivity index (χ1v) is 23.3. The molecule has 4 aromatic rings. The number of carbonyl (C=O) groups excluding carboxylic acids is 4. The Morgan fingerprint density at radius 2 is 1.19 bits per heavy atom. The van der Waals surface area contributed by atoms with Gasteiger partial charge < -0.3 is 39.9 Å². The molecule has 6 rings (SSSR count). The number of hydrogen-bond acceptors (Lipinski definition) is 8. The Hall–Kier alpha value is -5.95. The molecule has 0 unspecified atom stereocenters. The summed E-state index contributed by atoms with van der Waals surface area (Å²) in [7, 11) is 0.763. The number of aromatic nitrogens is 4. The van der Waals surface area contributed by atoms with Crippen molar-refractivity contribution >= 4 is 32.1 Å². The van der Waals surface area contributed by atoms with Crippen LogP contribution in [0.5, 0.6) is 0 Å². The normalized spacial score (nSPS) is 19.5. The van der Waals surface area contributed by atoms with Gasteiger partial charge in [-0.25, -0.2) is 23.9 Å². The maximum Gasteiger partial charge on any atom is 0.407 e. The summed E-state index contributed by atoms with van der Waals surface area (Å²) in [5.74, 6) is 6.75. The van der Waals surface area contributed by atoms with Crippen molar-refractivity contribution in [3.63, 3.8) is 0 Å². The zero-order valence-electron chi connectivity index (χ0n) is 34.8. The summed E-state index contributed by atoms with van der Waals surface area (Å²) in [5, 5.41) is 5.30. The zero-order valence-corrected chi connectivity index (χ0v) is 35.8. The van der Waals surface area contributed by atoms with Gasteiger partial charge in [-0.1, -0.05) is 76.9 Å². The molecule has 4 N–H and O–H groups in total. The number of aromatic amines is 2. The van der Waals surface area contributed by atoms with Crippen LogP contribution < -0.4 is 10.6 Å². The third-order valence-electron chi connectivity index (χ3n) is 10.9. The summed E-state index contributed by atoms with van der Waals surface area (Å²) in [5.41, 5.74) is 4.97. The molecule has 0 radical (unpaired) electrons. The summed E-state index contributed by atoms with van der Waals surface area (Å²) in [6.07, 6.45) is 1.64. The average molecular weight is 825 g/mol. The van der Waals surface area contributed by atoms with Gasteiger partial charge in [0.25, 0.3) is 0 Å². The van der Waals surface area contributed by atoms with E-state index in [1.54, 1.807) is 26.2 Å². The molecule has 16 heteroatoms. The van der Waals surface area contributed by atoms with Crippen molar-refractivity contribution in [3.8, 4) is 34.4 Å². The minimum absolute atomic E-state index is 0.0902. The predicted octanol–water partition coefficient (Wildman–Crippen LogP) is 6.37. The fraction of sp³-hybridized carbons (Fsp3) is 0.442. The van der Waals surface area contributed by atoms with Crippen LogP contribution in [0.3, 0.4) is 0 Å². The molecule has 5 atom stereocenters. The Bertz CT molecular complexity index is 2210. The van der Waals surface area contributed by atoms with Gasteiger partial charge in [-0.15, -0.1) is 0 Å². The van der Waals surface area contributed by atoms with Crippen molar-refractivity contribution in [1.29, 1.82) is 0 Å². The second-order valence-electron chi connectivity index (χ2n) is 16.7. The van der Waals surface area contributed by atoms with Crippen molar-refractivity contribution in [1.82, 2.24) is 40.4 Å². The minimum atomic E-state index is -1.75. The molecular formula is C43H53FN8O6Si. The molecule has 2 aliphatic heterocycles. The summed E-state index contributed by atoms with van der Waals surface area (Å²) in [6, 6.07) is 14.0. The monoisotopic (exact) mass is 824 g/mol. The lowest BCUT2D eigenvalue weighted by molar-refractivity contribution is -0.136. The Balaban J connectivity index is 1.10. The van der Waals surface area contributed by atoms with E-state index in [2.05, 4.69) is 50.5 Å². The van der Waals surface area contributed by atoms with Crippen molar-refractivity contribution in [3.05, 3.63) is 83.7 Å². The number of hydrogen-bond donors (Lipinski definition) is 4. The standard InChI is InChI=1S/C43H53FN8O6Si/c1-25(2)36(49-42(55)57-5)40(53)51-22-31(44)19-34(51)38-45-20-32(47-38)29-15-11-27(12-16-29)9-10-28-13-17-30(18-14-28)33-21-46-39(48-33)35-23-59(7,8)24-52(35)41(54)37(26(3)4)50-43(56)58-6/h11-18,20-21,25-26,31,34-37H,19,22-24H2,1-8H3,(H,45,47)(H,46,48)(H,49,55)(H,50,56)/t31-,34+,35+,36+,37+/m1/s1. The van der Waals surface area contributed by atoms with E-state index in [0.29, 0.717) is 17.7 Å². The van der Waals surface area contributed by atoms with Gasteiger partial charge in [0.15, 0.2) is 0 Å². The fourth-order valence-corrected chi connectivity index (χ4v) is 10.6. The number of amides is 4. The third-order valence-corrected chi connectivity index (χ3v) is 13.6. The maximum absolute atomic E-state index is 14.7. The quantitative estimate of drug-likeness (QED) is 0.105. The highest BCUT2D eigenvalue weighted by atomic mass is 28.3. The minimum Gasteiger partial charge on any atom is -0.453 e. The Morgan fingerprint density at radius 1 is 0.746 bits per heavy atom. The van der Waals surface area contributed by atoms with Crippen LogP contribution in [0.15, 0.2) is 60.9 Å². The van der Waals surface area contributed by atoms with Crippen LogP contribution in [-0.4, -0.2) is 107 Å². The first-order chi connectivity index (χ1) is 28.1. The third kappa shape index (κ3) is 9.85. The van der Waals surface area contributed by atoms with Gasteiger partial charge in [0, 0.05) is 23.7 Å². The smallest absolute Gasteiger partial charge is 0.407 e. The zero-order chi connectivity index (χ0) is 42.6. The summed E-state index contributed by atoms with van der Waals surface area (Å²) in [4.78, 5) is 70.6. The van der Waals surface area contributed by atoms with E-state index in [0.717, 1.165) is 39.8 Å². The molecule has 4 amide bonds. The van der Waals surface area contributed by atoms with E-state index >= 15 is 0 Å². The number of H-pyrrole nitrogens is 2. The van der Waals surface area contributed by atoms with E-state index in [1.165, 1.54) is 19.1 Å². The number of ether oxygens (including phenoxy) is 2. The summed E-state index contributed by atoms with van der Waals surface area (Å²) >= 11 is 0. The second kappa shape index (κ2) is 17.9. The molecule has 0 saturated carbocycles. The van der Waals surface area contributed by atoms with E-state index in [1.807, 2.05) is 67.3 Å². The Labute approximate surface area is 345 Å². The number of nitrogens with one attached hydrogen (secondary N) is 4. The molecular weight excluding hydrogens is 772 g/mol. The number of halogens is 1. The Kier molecular flexibility index (Phi) is 12.9. The predicted molar refractivity (Wildman–Crippen MR) is 223 cm³/mol. The van der Waals surface area contributed by atoms with E-state index in [4.69, 9.17) is 14.5 Å². The van der Waals surface area contributed by atoms with Gasteiger partial charge in [0.05, 0.1) is 64.7 Å². The molecule has 2 aliphatic rings. The van der Waals surface area contributed by atoms with Gasteiger partial charge in [-0.2, -0.15) is 0 Å². The highest BCUT2D eigenvalue weighted by Gasteiger charge is 2.46. The van der Waals surface area contributed by atoms with Gasteiger partial charge in [0.1, 0.15) is 29.9 Å². The first kappa shape index (κ1) is 42.6. The van der Waals surface area contributed by atoms with Crippen molar-refractivity contribution < 1.29 is 33.0 Å². The number of nitrogens with zero attached hydrogens (tertiary/aromatic N) is 4. The fourth-order valence-electron chi connectivity index (χ4n) is 7.70. The molecule has 2 fully saturated rings. The van der Waals surface area contributed by atoms with Crippen molar-refractivity contribution in [2.45, 2.75) is 83.6 Å². The number of rotatable bonds is 10. The molecule has 0 spiro atoms. The lowest BCUT2D eigenvalue weighted by atomic mass is 10.0. The lowest BCUT2D eigenvalue weighted by Gasteiger charge is -2.30. The number of alkyl halides is 1. The molecule has 0 aliphatic carbocycles.